The lowest BCUT2D eigenvalue weighted by atomic mass is 10.1. The monoisotopic (exact) mass is 354 g/mol. The van der Waals surface area contributed by atoms with Gasteiger partial charge in [-0.2, -0.15) is 0 Å². The number of carbonyl (C=O) groups excluding carboxylic acids is 1. The molecule has 2 aromatic carbocycles. The van der Waals surface area contributed by atoms with Crippen molar-refractivity contribution in [3.8, 4) is 0 Å². The molecule has 0 heterocycles. The summed E-state index contributed by atoms with van der Waals surface area (Å²) in [6.07, 6.45) is 1.15. The van der Waals surface area contributed by atoms with Crippen LogP contribution in [0.3, 0.4) is 0 Å². The highest BCUT2D eigenvalue weighted by Gasteiger charge is 2.11. The van der Waals surface area contributed by atoms with Gasteiger partial charge < -0.3 is 5.32 Å². The third-order valence-corrected chi connectivity index (χ3v) is 3.72. The van der Waals surface area contributed by atoms with Gasteiger partial charge in [0.05, 0.1) is 11.9 Å². The van der Waals surface area contributed by atoms with Crippen molar-refractivity contribution in [2.75, 3.05) is 16.3 Å². The molecule has 1 amide bonds. The van der Waals surface area contributed by atoms with Crippen LogP contribution in [0.4, 0.5) is 20.2 Å². The fourth-order valence-corrected chi connectivity index (χ4v) is 2.61. The molecule has 0 aromatic heterocycles. The Morgan fingerprint density at radius 1 is 1.08 bits per heavy atom. The van der Waals surface area contributed by atoms with Crippen molar-refractivity contribution in [1.82, 2.24) is 0 Å². The van der Waals surface area contributed by atoms with E-state index >= 15 is 0 Å². The normalized spacial score (nSPS) is 11.1. The van der Waals surface area contributed by atoms with E-state index in [1.807, 2.05) is 4.72 Å². The first kappa shape index (κ1) is 17.9. The van der Waals surface area contributed by atoms with Gasteiger partial charge in [-0.05, 0) is 36.2 Å². The zero-order valence-electron chi connectivity index (χ0n) is 12.8. The van der Waals surface area contributed by atoms with Gasteiger partial charge in [-0.25, -0.2) is 17.2 Å². The number of sulfonamides is 1. The Morgan fingerprint density at radius 3 is 2.46 bits per heavy atom. The van der Waals surface area contributed by atoms with Gasteiger partial charge in [-0.15, -0.1) is 0 Å². The molecule has 8 heteroatoms. The molecule has 0 fully saturated rings. The van der Waals surface area contributed by atoms with Gasteiger partial charge in [0.1, 0.15) is 11.6 Å². The molecule has 0 radical (unpaired) electrons. The molecule has 5 nitrogen and oxygen atoms in total. The average Bonchev–Trinajstić information content (AvgIpc) is 2.48. The second-order valence-corrected chi connectivity index (χ2v) is 6.96. The summed E-state index contributed by atoms with van der Waals surface area (Å²) in [5.74, 6) is -1.54. The predicted molar refractivity (Wildman–Crippen MR) is 88.2 cm³/mol. The number of anilines is 2. The van der Waals surface area contributed by atoms with Crippen LogP contribution in [0.15, 0.2) is 42.5 Å². The smallest absolute Gasteiger partial charge is 0.229 e. The summed E-state index contributed by atoms with van der Waals surface area (Å²) in [7, 11) is -3.64. The first-order chi connectivity index (χ1) is 11.2. The zero-order valence-corrected chi connectivity index (χ0v) is 13.7. The first-order valence-corrected chi connectivity index (χ1v) is 8.94. The van der Waals surface area contributed by atoms with E-state index in [0.717, 1.165) is 12.3 Å². The van der Waals surface area contributed by atoms with Crippen LogP contribution in [0.5, 0.6) is 0 Å². The van der Waals surface area contributed by atoms with Crippen LogP contribution >= 0.6 is 0 Å². The van der Waals surface area contributed by atoms with E-state index in [2.05, 4.69) is 5.32 Å². The van der Waals surface area contributed by atoms with Crippen molar-refractivity contribution >= 4 is 27.3 Å². The summed E-state index contributed by atoms with van der Waals surface area (Å²) in [6, 6.07) is 9.68. The fourth-order valence-electron chi connectivity index (χ4n) is 2.05. The van der Waals surface area contributed by atoms with E-state index in [9.17, 15) is 22.0 Å². The molecule has 0 atom stereocenters. The molecule has 0 aliphatic heterocycles. The number of hydrogen-bond donors (Lipinski definition) is 2. The largest absolute Gasteiger partial charge is 0.326 e. The van der Waals surface area contributed by atoms with Crippen molar-refractivity contribution in [3.63, 3.8) is 0 Å². The van der Waals surface area contributed by atoms with Crippen LogP contribution in [-0.2, 0) is 21.2 Å². The van der Waals surface area contributed by atoms with Gasteiger partial charge in [0, 0.05) is 12.1 Å². The SMILES string of the molecule is CS(=O)(=O)Nc1cc(NC(=O)CCc2ccccc2F)ccc1F. The minimum Gasteiger partial charge on any atom is -0.326 e. The Morgan fingerprint density at radius 2 is 1.79 bits per heavy atom. The average molecular weight is 354 g/mol. The molecule has 0 saturated heterocycles. The van der Waals surface area contributed by atoms with Crippen LogP contribution in [0, 0.1) is 11.6 Å². The Hall–Kier alpha value is -2.48. The lowest BCUT2D eigenvalue weighted by Gasteiger charge is -2.10. The van der Waals surface area contributed by atoms with Gasteiger partial charge in [0.15, 0.2) is 0 Å². The van der Waals surface area contributed by atoms with Crippen LogP contribution in [0.25, 0.3) is 0 Å². The summed E-state index contributed by atoms with van der Waals surface area (Å²) >= 11 is 0. The third-order valence-electron chi connectivity index (χ3n) is 3.12. The maximum atomic E-state index is 13.6. The molecule has 2 rings (SSSR count). The second-order valence-electron chi connectivity index (χ2n) is 5.21. The van der Waals surface area contributed by atoms with Crippen molar-refractivity contribution in [3.05, 3.63) is 59.7 Å². The summed E-state index contributed by atoms with van der Waals surface area (Å²) in [6.45, 7) is 0. The second kappa shape index (κ2) is 7.39. The maximum Gasteiger partial charge on any atom is 0.229 e. The molecular formula is C16H16F2N2O3S. The number of amides is 1. The number of halogens is 2. The molecule has 0 saturated carbocycles. The van der Waals surface area contributed by atoms with E-state index in [1.54, 1.807) is 18.2 Å². The predicted octanol–water partition coefficient (Wildman–Crippen LogP) is 2.91. The minimum atomic E-state index is -3.64. The van der Waals surface area contributed by atoms with Gasteiger partial charge in [-0.1, -0.05) is 18.2 Å². The minimum absolute atomic E-state index is 0.0349. The molecule has 128 valence electrons. The van der Waals surface area contributed by atoms with E-state index in [0.29, 0.717) is 5.56 Å². The molecule has 0 spiro atoms. The molecule has 24 heavy (non-hydrogen) atoms. The van der Waals surface area contributed by atoms with E-state index in [1.165, 1.54) is 18.2 Å². The van der Waals surface area contributed by atoms with Crippen LogP contribution in [-0.4, -0.2) is 20.6 Å². The number of aryl methyl sites for hydroxylation is 1. The van der Waals surface area contributed by atoms with Crippen molar-refractivity contribution < 1.29 is 22.0 Å². The molecular weight excluding hydrogens is 338 g/mol. The molecule has 2 aromatic rings. The number of hydrogen-bond acceptors (Lipinski definition) is 3. The van der Waals surface area contributed by atoms with Gasteiger partial charge in [0.2, 0.25) is 15.9 Å². The summed E-state index contributed by atoms with van der Waals surface area (Å²) in [5.41, 5.74) is 0.400. The molecule has 0 bridgehead atoms. The van der Waals surface area contributed by atoms with E-state index in [4.69, 9.17) is 0 Å². The highest BCUT2D eigenvalue weighted by molar-refractivity contribution is 7.92. The molecule has 0 aliphatic carbocycles. The number of benzene rings is 2. The lowest BCUT2D eigenvalue weighted by molar-refractivity contribution is -0.116. The summed E-state index contributed by atoms with van der Waals surface area (Å²) < 4.78 is 51.4. The number of nitrogens with one attached hydrogen (secondary N) is 2. The zero-order chi connectivity index (χ0) is 17.7. The Kier molecular flexibility index (Phi) is 5.50. The van der Waals surface area contributed by atoms with Gasteiger partial charge in [-0.3, -0.25) is 9.52 Å². The van der Waals surface area contributed by atoms with Crippen molar-refractivity contribution in [2.24, 2.45) is 0 Å². The topological polar surface area (TPSA) is 75.3 Å². The highest BCUT2D eigenvalue weighted by Crippen LogP contribution is 2.21. The van der Waals surface area contributed by atoms with Gasteiger partial charge in [0.25, 0.3) is 0 Å². The summed E-state index contributed by atoms with van der Waals surface area (Å²) in [5, 5.41) is 2.52. The summed E-state index contributed by atoms with van der Waals surface area (Å²) in [4.78, 5) is 11.9. The van der Waals surface area contributed by atoms with Crippen molar-refractivity contribution in [1.29, 1.82) is 0 Å². The Bertz CT molecular complexity index is 854. The van der Waals surface area contributed by atoms with Crippen LogP contribution < -0.4 is 10.0 Å². The quantitative estimate of drug-likeness (QED) is 0.838. The van der Waals surface area contributed by atoms with Crippen LogP contribution in [0.1, 0.15) is 12.0 Å². The van der Waals surface area contributed by atoms with E-state index < -0.39 is 21.7 Å². The van der Waals surface area contributed by atoms with E-state index in [-0.39, 0.29) is 30.0 Å². The van der Waals surface area contributed by atoms with Crippen LogP contribution in [0.2, 0.25) is 0 Å². The van der Waals surface area contributed by atoms with Crippen molar-refractivity contribution in [2.45, 2.75) is 12.8 Å². The third kappa shape index (κ3) is 5.31. The number of rotatable bonds is 6. The number of carbonyl (C=O) groups is 1. The molecule has 0 unspecified atom stereocenters. The molecule has 0 aliphatic rings. The standard InChI is InChI=1S/C16H16F2N2O3S/c1-24(22,23)20-15-10-12(7-8-14(15)18)19-16(21)9-6-11-4-2-3-5-13(11)17/h2-5,7-8,10,20H,6,9H2,1H3,(H,19,21). The highest BCUT2D eigenvalue weighted by atomic mass is 32.2. The Balaban J connectivity index is 2.01. The fraction of sp³-hybridized carbons (Fsp3) is 0.188. The Labute approximate surface area is 138 Å². The van der Waals surface area contributed by atoms with Gasteiger partial charge >= 0.3 is 0 Å². The lowest BCUT2D eigenvalue weighted by Crippen LogP contribution is -2.14. The molecule has 2 N–H and O–H groups in total. The first-order valence-electron chi connectivity index (χ1n) is 7.05. The maximum absolute atomic E-state index is 13.6.